The van der Waals surface area contributed by atoms with Gasteiger partial charge in [0.05, 0.1) is 13.1 Å². The first kappa shape index (κ1) is 14.1. The number of carbonyl (C=O) groups is 2. The molecule has 0 saturated carbocycles. The number of rotatable bonds is 3. The van der Waals surface area contributed by atoms with Gasteiger partial charge >= 0.3 is 12.0 Å². The van der Waals surface area contributed by atoms with Crippen molar-refractivity contribution < 1.29 is 19.4 Å². The topological polar surface area (TPSA) is 70.1 Å². The number of carbonyl (C=O) groups excluding carboxylic acids is 1. The molecule has 2 amide bonds. The van der Waals surface area contributed by atoms with Crippen LogP contribution in [-0.4, -0.2) is 64.8 Å². The minimum absolute atomic E-state index is 0.0589. The van der Waals surface area contributed by atoms with E-state index in [2.05, 4.69) is 6.92 Å². The summed E-state index contributed by atoms with van der Waals surface area (Å²) >= 11 is 0. The second-order valence-electron chi connectivity index (χ2n) is 5.81. The Labute approximate surface area is 113 Å². The third kappa shape index (κ3) is 3.18. The number of carboxylic acid groups (broad SMARTS) is 1. The Morgan fingerprint density at radius 2 is 2.05 bits per heavy atom. The molecular formula is C13H22N2O4. The molecule has 0 aromatic carbocycles. The fourth-order valence-corrected chi connectivity index (χ4v) is 2.79. The monoisotopic (exact) mass is 270 g/mol. The van der Waals surface area contributed by atoms with Crippen molar-refractivity contribution in [2.75, 3.05) is 26.2 Å². The second-order valence-corrected chi connectivity index (χ2v) is 5.81. The van der Waals surface area contributed by atoms with Crippen LogP contribution in [0.5, 0.6) is 0 Å². The van der Waals surface area contributed by atoms with E-state index >= 15 is 0 Å². The predicted molar refractivity (Wildman–Crippen MR) is 69.0 cm³/mol. The summed E-state index contributed by atoms with van der Waals surface area (Å²) in [7, 11) is 0. The number of aliphatic carboxylic acids is 1. The van der Waals surface area contributed by atoms with Crippen LogP contribution in [0.3, 0.4) is 0 Å². The lowest BCUT2D eigenvalue weighted by molar-refractivity contribution is -0.160. The quantitative estimate of drug-likeness (QED) is 0.835. The zero-order valence-electron chi connectivity index (χ0n) is 11.6. The average Bonchev–Trinajstić information content (AvgIpc) is 2.33. The lowest BCUT2D eigenvalue weighted by Gasteiger charge is -2.49. The van der Waals surface area contributed by atoms with E-state index in [-0.39, 0.29) is 12.6 Å². The fraction of sp³-hybridized carbons (Fsp3) is 0.846. The van der Waals surface area contributed by atoms with Crippen molar-refractivity contribution in [3.05, 3.63) is 0 Å². The Morgan fingerprint density at radius 1 is 1.37 bits per heavy atom. The van der Waals surface area contributed by atoms with Gasteiger partial charge in [-0.25, -0.2) is 9.59 Å². The van der Waals surface area contributed by atoms with Gasteiger partial charge in [-0.05, 0) is 33.1 Å². The maximum Gasteiger partial charge on any atom is 0.329 e. The summed E-state index contributed by atoms with van der Waals surface area (Å²) in [6.07, 6.45) is 3.31. The standard InChI is InChI=1S/C13H22N2O4/c1-10-5-3-4-6-15(10)12(18)14-8-13(2,9-14)19-7-11(16)17/h10H,3-9H2,1-2H3,(H,16,17). The number of hydrogen-bond acceptors (Lipinski definition) is 3. The van der Waals surface area contributed by atoms with Crippen LogP contribution >= 0.6 is 0 Å². The van der Waals surface area contributed by atoms with E-state index in [1.807, 2.05) is 11.8 Å². The number of likely N-dealkylation sites (tertiary alicyclic amines) is 2. The van der Waals surface area contributed by atoms with Crippen molar-refractivity contribution in [2.45, 2.75) is 44.8 Å². The first-order valence-corrected chi connectivity index (χ1v) is 6.83. The predicted octanol–water partition coefficient (Wildman–Crippen LogP) is 1.16. The SMILES string of the molecule is CC1CCCCN1C(=O)N1CC(C)(OCC(=O)O)C1. The van der Waals surface area contributed by atoms with Gasteiger partial charge in [0.25, 0.3) is 0 Å². The minimum Gasteiger partial charge on any atom is -0.480 e. The molecule has 0 aliphatic carbocycles. The van der Waals surface area contributed by atoms with Gasteiger partial charge in [0.1, 0.15) is 12.2 Å². The summed E-state index contributed by atoms with van der Waals surface area (Å²) in [5.41, 5.74) is -0.507. The number of ether oxygens (including phenoxy) is 1. The molecule has 2 aliphatic rings. The smallest absolute Gasteiger partial charge is 0.329 e. The first-order chi connectivity index (χ1) is 8.91. The normalized spacial score (nSPS) is 25.9. The lowest BCUT2D eigenvalue weighted by Crippen LogP contribution is -2.66. The van der Waals surface area contributed by atoms with E-state index in [1.54, 1.807) is 4.90 Å². The fourth-order valence-electron chi connectivity index (χ4n) is 2.79. The van der Waals surface area contributed by atoms with Crippen molar-refractivity contribution in [2.24, 2.45) is 0 Å². The van der Waals surface area contributed by atoms with Crippen molar-refractivity contribution in [3.8, 4) is 0 Å². The Balaban J connectivity index is 1.82. The van der Waals surface area contributed by atoms with Gasteiger partial charge in [-0.15, -0.1) is 0 Å². The van der Waals surface area contributed by atoms with E-state index in [4.69, 9.17) is 9.84 Å². The molecule has 2 aliphatic heterocycles. The van der Waals surface area contributed by atoms with Gasteiger partial charge < -0.3 is 19.6 Å². The Hall–Kier alpha value is -1.30. The summed E-state index contributed by atoms with van der Waals surface area (Å²) < 4.78 is 5.31. The highest BCUT2D eigenvalue weighted by molar-refractivity contribution is 5.76. The van der Waals surface area contributed by atoms with Gasteiger partial charge in [0.2, 0.25) is 0 Å². The molecule has 0 spiro atoms. The van der Waals surface area contributed by atoms with E-state index in [1.165, 1.54) is 6.42 Å². The van der Waals surface area contributed by atoms with E-state index < -0.39 is 11.6 Å². The summed E-state index contributed by atoms with van der Waals surface area (Å²) in [4.78, 5) is 26.4. The maximum atomic E-state index is 12.3. The maximum absolute atomic E-state index is 12.3. The van der Waals surface area contributed by atoms with Crippen LogP contribution < -0.4 is 0 Å². The number of amides is 2. The summed E-state index contributed by atoms with van der Waals surface area (Å²) in [6, 6.07) is 0.358. The van der Waals surface area contributed by atoms with Gasteiger partial charge in [-0.3, -0.25) is 0 Å². The number of urea groups is 1. The molecule has 6 heteroatoms. The molecule has 19 heavy (non-hydrogen) atoms. The van der Waals surface area contributed by atoms with Gasteiger partial charge in [0.15, 0.2) is 0 Å². The third-order valence-corrected chi connectivity index (χ3v) is 3.91. The van der Waals surface area contributed by atoms with Gasteiger partial charge in [-0.2, -0.15) is 0 Å². The molecule has 1 unspecified atom stereocenters. The highest BCUT2D eigenvalue weighted by Crippen LogP contribution is 2.27. The molecule has 2 heterocycles. The van der Waals surface area contributed by atoms with Crippen molar-refractivity contribution >= 4 is 12.0 Å². The van der Waals surface area contributed by atoms with Crippen molar-refractivity contribution in [1.29, 1.82) is 0 Å². The molecule has 0 aromatic rings. The molecule has 108 valence electrons. The van der Waals surface area contributed by atoms with Crippen molar-refractivity contribution in [3.63, 3.8) is 0 Å². The summed E-state index contributed by atoms with van der Waals surface area (Å²) in [5.74, 6) is -0.976. The Bertz CT molecular complexity index is 366. The first-order valence-electron chi connectivity index (χ1n) is 6.83. The number of carboxylic acids is 1. The summed E-state index contributed by atoms with van der Waals surface area (Å²) in [6.45, 7) is 5.39. The lowest BCUT2D eigenvalue weighted by atomic mass is 9.96. The van der Waals surface area contributed by atoms with Gasteiger partial charge in [0, 0.05) is 12.6 Å². The van der Waals surface area contributed by atoms with Crippen LogP contribution in [0.4, 0.5) is 4.79 Å². The van der Waals surface area contributed by atoms with Gasteiger partial charge in [-0.1, -0.05) is 0 Å². The van der Waals surface area contributed by atoms with E-state index in [0.29, 0.717) is 19.1 Å². The number of nitrogens with zero attached hydrogens (tertiary/aromatic N) is 2. The summed E-state index contributed by atoms with van der Waals surface area (Å²) in [5, 5.41) is 8.60. The van der Waals surface area contributed by atoms with Crippen LogP contribution in [0, 0.1) is 0 Å². The molecule has 6 nitrogen and oxygen atoms in total. The average molecular weight is 270 g/mol. The molecule has 2 saturated heterocycles. The molecular weight excluding hydrogens is 248 g/mol. The highest BCUT2D eigenvalue weighted by atomic mass is 16.5. The Kier molecular flexibility index (Phi) is 3.99. The molecule has 2 fully saturated rings. The van der Waals surface area contributed by atoms with Crippen LogP contribution in [0.2, 0.25) is 0 Å². The zero-order valence-corrected chi connectivity index (χ0v) is 11.6. The molecule has 2 rings (SSSR count). The molecule has 0 aromatic heterocycles. The highest BCUT2D eigenvalue weighted by Gasteiger charge is 2.44. The molecule has 1 N–H and O–H groups in total. The van der Waals surface area contributed by atoms with Crippen LogP contribution in [0.15, 0.2) is 0 Å². The van der Waals surface area contributed by atoms with Crippen molar-refractivity contribution in [1.82, 2.24) is 9.80 Å². The third-order valence-electron chi connectivity index (χ3n) is 3.91. The Morgan fingerprint density at radius 3 is 2.63 bits per heavy atom. The molecule has 0 bridgehead atoms. The number of piperidine rings is 1. The van der Waals surface area contributed by atoms with Crippen LogP contribution in [-0.2, 0) is 9.53 Å². The zero-order chi connectivity index (χ0) is 14.0. The number of hydrogen-bond donors (Lipinski definition) is 1. The van der Waals surface area contributed by atoms with E-state index in [0.717, 1.165) is 19.4 Å². The van der Waals surface area contributed by atoms with Crippen LogP contribution in [0.1, 0.15) is 33.1 Å². The largest absolute Gasteiger partial charge is 0.480 e. The van der Waals surface area contributed by atoms with Crippen LogP contribution in [0.25, 0.3) is 0 Å². The minimum atomic E-state index is -0.976. The molecule has 0 radical (unpaired) electrons. The second kappa shape index (κ2) is 5.36. The van der Waals surface area contributed by atoms with E-state index in [9.17, 15) is 9.59 Å². The molecule has 1 atom stereocenters.